The molecule has 82 heavy (non-hydrogen) atoms. The smallest absolute Gasteiger partial charge is 0.488 e. The minimum atomic E-state index is -4.58. The van der Waals surface area contributed by atoms with Crippen molar-refractivity contribution in [3.63, 3.8) is 0 Å². The van der Waals surface area contributed by atoms with Crippen LogP contribution in [0.3, 0.4) is 0 Å². The number of amides is 2. The summed E-state index contributed by atoms with van der Waals surface area (Å²) in [5.41, 5.74) is 3.78. The zero-order valence-corrected chi connectivity index (χ0v) is 47.0. The molecule has 1 fully saturated rings. The molecule has 5 aromatic rings. The van der Waals surface area contributed by atoms with Crippen molar-refractivity contribution in [2.75, 3.05) is 171 Å². The number of alkyl halides is 3. The van der Waals surface area contributed by atoms with Gasteiger partial charge in [-0.1, -0.05) is 29.7 Å². The molecule has 0 saturated carbocycles. The number of ether oxygens (including phenoxy) is 10. The molecular weight excluding hydrogens is 1070 g/mol. The summed E-state index contributed by atoms with van der Waals surface area (Å²) in [5, 5.41) is 24.0. The average Bonchev–Trinajstić information content (AvgIpc) is 4.04. The van der Waals surface area contributed by atoms with Gasteiger partial charge in [-0.3, -0.25) is 18.9 Å². The Morgan fingerprint density at radius 1 is 0.622 bits per heavy atom. The zero-order chi connectivity index (χ0) is 58.4. The SMILES string of the molecule is Cc1ccc(C(=O)Nc2ccc(CN3CCN(C)CC3)c(C(F)(F)F)c2)cc1C#Cc1cnc2cc(OCCOCCOCCOCCOCCOCCOCCOCCOCCOCCNC(=O)c3ccc(B(O)O)c(C)c3)ccn12. The van der Waals surface area contributed by atoms with Gasteiger partial charge in [0.15, 0.2) is 0 Å². The van der Waals surface area contributed by atoms with Gasteiger partial charge in [-0.25, -0.2) is 4.98 Å². The largest absolute Gasteiger partial charge is 0.491 e. The molecule has 0 aliphatic carbocycles. The van der Waals surface area contributed by atoms with E-state index in [-0.39, 0.29) is 29.3 Å². The van der Waals surface area contributed by atoms with E-state index in [2.05, 4.69) is 32.4 Å². The number of aryl methyl sites for hydroxylation is 2. The lowest BCUT2D eigenvalue weighted by atomic mass is 9.77. The van der Waals surface area contributed by atoms with Crippen molar-refractivity contribution in [2.24, 2.45) is 0 Å². The molecule has 446 valence electrons. The van der Waals surface area contributed by atoms with Gasteiger partial charge >= 0.3 is 13.3 Å². The Hall–Kier alpha value is -6.02. The molecule has 4 N–H and O–H groups in total. The van der Waals surface area contributed by atoms with Gasteiger partial charge in [0, 0.05) is 73.9 Å². The van der Waals surface area contributed by atoms with E-state index in [0.717, 1.165) is 24.7 Å². The van der Waals surface area contributed by atoms with E-state index in [4.69, 9.17) is 47.4 Å². The lowest BCUT2D eigenvalue weighted by Gasteiger charge is -2.33. The fourth-order valence-corrected chi connectivity index (χ4v) is 8.20. The molecule has 6 rings (SSSR count). The second kappa shape index (κ2) is 35.9. The summed E-state index contributed by atoms with van der Waals surface area (Å²) in [7, 11) is 0.415. The first-order valence-electron chi connectivity index (χ1n) is 27.3. The van der Waals surface area contributed by atoms with Crippen molar-refractivity contribution >= 4 is 35.7 Å². The van der Waals surface area contributed by atoms with Crippen LogP contribution < -0.4 is 20.8 Å². The Morgan fingerprint density at radius 3 is 1.71 bits per heavy atom. The highest BCUT2D eigenvalue weighted by Gasteiger charge is 2.34. The number of rotatable bonds is 37. The van der Waals surface area contributed by atoms with E-state index >= 15 is 0 Å². The summed E-state index contributed by atoms with van der Waals surface area (Å²) < 4.78 is 100.0. The van der Waals surface area contributed by atoms with E-state index in [1.807, 2.05) is 23.3 Å². The highest BCUT2D eigenvalue weighted by molar-refractivity contribution is 6.59. The number of carbonyl (C=O) groups excluding carboxylic acids is 2. The van der Waals surface area contributed by atoms with Crippen LogP contribution in [0.25, 0.3) is 5.65 Å². The number of carbonyl (C=O) groups is 2. The van der Waals surface area contributed by atoms with E-state index in [0.29, 0.717) is 184 Å². The second-order valence-corrected chi connectivity index (χ2v) is 19.0. The van der Waals surface area contributed by atoms with Crippen molar-refractivity contribution in [3.05, 3.63) is 124 Å². The molecule has 0 radical (unpaired) electrons. The van der Waals surface area contributed by atoms with Crippen LogP contribution in [0.2, 0.25) is 0 Å². The normalized spacial score (nSPS) is 13.1. The number of anilines is 1. The van der Waals surface area contributed by atoms with Crippen LogP contribution in [0.1, 0.15) is 54.2 Å². The fourth-order valence-electron chi connectivity index (χ4n) is 8.20. The van der Waals surface area contributed by atoms with Crippen LogP contribution in [0.4, 0.5) is 18.9 Å². The van der Waals surface area contributed by atoms with Crippen LogP contribution in [-0.4, -0.2) is 213 Å². The second-order valence-electron chi connectivity index (χ2n) is 19.0. The summed E-state index contributed by atoms with van der Waals surface area (Å²) in [5.74, 6) is 6.05. The molecule has 2 aromatic heterocycles. The minimum Gasteiger partial charge on any atom is -0.491 e. The first kappa shape index (κ1) is 65.1. The third-order valence-electron chi connectivity index (χ3n) is 12.8. The van der Waals surface area contributed by atoms with Crippen molar-refractivity contribution in [1.82, 2.24) is 24.5 Å². The molecule has 1 saturated heterocycles. The number of nitrogens with zero attached hydrogens (tertiary/aromatic N) is 4. The molecule has 1 aliphatic heterocycles. The quantitative estimate of drug-likeness (QED) is 0.0251. The maximum atomic E-state index is 14.2. The van der Waals surface area contributed by atoms with Crippen LogP contribution in [0.15, 0.2) is 79.1 Å². The number of hydrogen-bond acceptors (Lipinski definition) is 17. The number of nitrogens with one attached hydrogen (secondary N) is 2. The molecule has 0 atom stereocenters. The van der Waals surface area contributed by atoms with Gasteiger partial charge in [0.05, 0.1) is 131 Å². The highest BCUT2D eigenvalue weighted by Crippen LogP contribution is 2.35. The number of imidazole rings is 1. The van der Waals surface area contributed by atoms with Crippen molar-refractivity contribution in [1.29, 1.82) is 0 Å². The molecule has 2 amide bonds. The van der Waals surface area contributed by atoms with Gasteiger partial charge in [-0.2, -0.15) is 13.2 Å². The van der Waals surface area contributed by atoms with Gasteiger partial charge in [-0.15, -0.1) is 0 Å². The minimum absolute atomic E-state index is 0.0574. The number of pyridine rings is 1. The van der Waals surface area contributed by atoms with Crippen molar-refractivity contribution in [2.45, 2.75) is 26.6 Å². The van der Waals surface area contributed by atoms with E-state index in [1.165, 1.54) is 18.2 Å². The Bertz CT molecular complexity index is 2790. The van der Waals surface area contributed by atoms with Crippen molar-refractivity contribution < 1.29 is 80.2 Å². The number of halogens is 3. The number of aromatic nitrogens is 2. The molecule has 3 aromatic carbocycles. The molecule has 24 heteroatoms. The monoisotopic (exact) mass is 1150 g/mol. The Balaban J connectivity index is 0.708. The van der Waals surface area contributed by atoms with Crippen LogP contribution >= 0.6 is 0 Å². The van der Waals surface area contributed by atoms with Crippen LogP contribution in [-0.2, 0) is 55.4 Å². The third kappa shape index (κ3) is 23.3. The third-order valence-corrected chi connectivity index (χ3v) is 12.8. The summed E-state index contributed by atoms with van der Waals surface area (Å²) in [6.45, 7) is 14.9. The molecule has 20 nitrogen and oxygen atoms in total. The predicted octanol–water partition coefficient (Wildman–Crippen LogP) is 4.01. The fraction of sp³-hybridized carbons (Fsp3) is 0.500. The zero-order valence-electron chi connectivity index (χ0n) is 47.0. The molecule has 0 bridgehead atoms. The van der Waals surface area contributed by atoms with Crippen LogP contribution in [0, 0.1) is 25.7 Å². The van der Waals surface area contributed by atoms with Gasteiger partial charge in [0.2, 0.25) is 0 Å². The standard InChI is InChI=1S/C58H76BF3N6O14/c1-44-4-5-48(57(70)65-50-9-6-49(53(40-50)58(60,61)62)43-67-17-15-66(3)16-18-67)39-46(44)7-10-51-42-64-55-41-52(12-14-68(51)55)82-37-36-81-35-34-80-33-32-79-31-30-78-29-28-77-27-26-76-25-24-75-23-22-74-21-20-73-19-13-63-56(69)47-8-11-54(59(71)72)45(2)38-47/h4-6,8-9,11-12,14,38-42,71-72H,13,15-37,43H2,1-3H3,(H,63,69)(H,65,70). The lowest BCUT2D eigenvalue weighted by Crippen LogP contribution is -2.44. The summed E-state index contributed by atoms with van der Waals surface area (Å²) in [4.78, 5) is 34.2. The number of piperazine rings is 1. The maximum Gasteiger partial charge on any atom is 0.488 e. The van der Waals surface area contributed by atoms with Gasteiger partial charge < -0.3 is 73.0 Å². The van der Waals surface area contributed by atoms with Gasteiger partial charge in [0.25, 0.3) is 11.8 Å². The van der Waals surface area contributed by atoms with Gasteiger partial charge in [-0.05, 0) is 85.9 Å². The Kier molecular flexibility index (Phi) is 28.5. The number of hydrogen-bond donors (Lipinski definition) is 4. The molecule has 0 spiro atoms. The maximum absolute atomic E-state index is 14.2. The summed E-state index contributed by atoms with van der Waals surface area (Å²) in [6.07, 6.45) is -1.14. The van der Waals surface area contributed by atoms with Crippen molar-refractivity contribution in [3.8, 4) is 17.6 Å². The molecule has 0 unspecified atom stereocenters. The Labute approximate surface area is 477 Å². The highest BCUT2D eigenvalue weighted by atomic mass is 19.4. The lowest BCUT2D eigenvalue weighted by molar-refractivity contribution is -0.138. The molecule has 3 heterocycles. The summed E-state index contributed by atoms with van der Waals surface area (Å²) in [6, 6.07) is 17.2. The van der Waals surface area contributed by atoms with E-state index in [9.17, 15) is 32.8 Å². The average molecular weight is 1150 g/mol. The Morgan fingerprint density at radius 2 is 1.16 bits per heavy atom. The van der Waals surface area contributed by atoms with Gasteiger partial charge in [0.1, 0.15) is 23.7 Å². The first-order valence-corrected chi connectivity index (χ1v) is 27.3. The topological polar surface area (TPSA) is 215 Å². The first-order chi connectivity index (χ1) is 39.7. The number of benzene rings is 3. The van der Waals surface area contributed by atoms with Crippen LogP contribution in [0.5, 0.6) is 5.75 Å². The predicted molar refractivity (Wildman–Crippen MR) is 301 cm³/mol. The number of fused-ring (bicyclic) bond motifs is 1. The molecular formula is C58H76BF3N6O14. The van der Waals surface area contributed by atoms with E-state index in [1.54, 1.807) is 61.8 Å². The van der Waals surface area contributed by atoms with E-state index < -0.39 is 24.8 Å². The summed E-state index contributed by atoms with van der Waals surface area (Å²) >= 11 is 0. The number of likely N-dealkylation sites (N-methyl/N-ethyl adjacent to an activating group) is 1. The molecule has 1 aliphatic rings.